The number of anilines is 2. The highest BCUT2D eigenvalue weighted by molar-refractivity contribution is 7.85. The first-order chi connectivity index (χ1) is 7.16. The maximum atomic E-state index is 11.3. The van der Waals surface area contributed by atoms with Crippen LogP contribution in [0.1, 0.15) is 5.56 Å². The lowest BCUT2D eigenvalue weighted by Crippen LogP contribution is -2.38. The van der Waals surface area contributed by atoms with Gasteiger partial charge in [0.2, 0.25) is 0 Å². The van der Waals surface area contributed by atoms with Crippen molar-refractivity contribution in [3.05, 3.63) is 23.8 Å². The molecule has 0 saturated carbocycles. The van der Waals surface area contributed by atoms with Crippen molar-refractivity contribution in [3.8, 4) is 0 Å². The maximum Gasteiger partial charge on any atom is 0.0417 e. The summed E-state index contributed by atoms with van der Waals surface area (Å²) < 4.78 is 11.3. The summed E-state index contributed by atoms with van der Waals surface area (Å²) in [6, 6.07) is 5.96. The lowest BCUT2D eigenvalue weighted by atomic mass is 10.1. The number of hydrogen-bond donors (Lipinski definition) is 1. The fourth-order valence-electron chi connectivity index (χ4n) is 1.85. The Hall–Kier alpha value is -1.03. The Morgan fingerprint density at radius 3 is 2.67 bits per heavy atom. The molecule has 0 aromatic heterocycles. The normalized spacial score (nSPS) is 18.1. The zero-order valence-electron chi connectivity index (χ0n) is 8.90. The maximum absolute atomic E-state index is 11.3. The SMILES string of the molecule is Cc1ccc(N)cc1N1CCS(=O)CC1. The number of nitrogens with two attached hydrogens (primary N) is 1. The van der Waals surface area contributed by atoms with Crippen LogP contribution >= 0.6 is 0 Å². The van der Waals surface area contributed by atoms with Gasteiger partial charge in [-0.2, -0.15) is 0 Å². The zero-order chi connectivity index (χ0) is 10.8. The molecular formula is C11H16N2OS. The van der Waals surface area contributed by atoms with Crippen LogP contribution < -0.4 is 10.6 Å². The van der Waals surface area contributed by atoms with Crippen LogP contribution in [0.2, 0.25) is 0 Å². The van der Waals surface area contributed by atoms with Crippen LogP contribution in [0.15, 0.2) is 18.2 Å². The van der Waals surface area contributed by atoms with Crippen molar-refractivity contribution >= 4 is 22.2 Å². The van der Waals surface area contributed by atoms with Crippen molar-refractivity contribution < 1.29 is 4.21 Å². The molecule has 0 atom stereocenters. The number of rotatable bonds is 1. The summed E-state index contributed by atoms with van der Waals surface area (Å²) in [6.45, 7) is 3.83. The summed E-state index contributed by atoms with van der Waals surface area (Å²) in [7, 11) is -0.620. The van der Waals surface area contributed by atoms with Crippen LogP contribution in [0.25, 0.3) is 0 Å². The lowest BCUT2D eigenvalue weighted by Gasteiger charge is -2.29. The Morgan fingerprint density at radius 2 is 2.00 bits per heavy atom. The van der Waals surface area contributed by atoms with Crippen LogP contribution in [-0.4, -0.2) is 28.8 Å². The van der Waals surface area contributed by atoms with Crippen LogP contribution in [0, 0.1) is 6.92 Å². The smallest absolute Gasteiger partial charge is 0.0417 e. The third-order valence-electron chi connectivity index (χ3n) is 2.75. The molecule has 0 aliphatic carbocycles. The van der Waals surface area contributed by atoms with E-state index in [1.807, 2.05) is 18.2 Å². The van der Waals surface area contributed by atoms with Crippen molar-refractivity contribution in [1.82, 2.24) is 0 Å². The highest BCUT2D eigenvalue weighted by atomic mass is 32.2. The van der Waals surface area contributed by atoms with Crippen molar-refractivity contribution in [2.75, 3.05) is 35.2 Å². The van der Waals surface area contributed by atoms with E-state index in [1.165, 1.54) is 11.3 Å². The average Bonchev–Trinajstić information content (AvgIpc) is 2.23. The van der Waals surface area contributed by atoms with E-state index in [4.69, 9.17) is 5.73 Å². The van der Waals surface area contributed by atoms with Gasteiger partial charge in [0.25, 0.3) is 0 Å². The van der Waals surface area contributed by atoms with Gasteiger partial charge in [0, 0.05) is 46.8 Å². The molecule has 1 aliphatic heterocycles. The summed E-state index contributed by atoms with van der Waals surface area (Å²) in [5.74, 6) is 1.54. The van der Waals surface area contributed by atoms with Crippen molar-refractivity contribution in [2.24, 2.45) is 0 Å². The van der Waals surface area contributed by atoms with Crippen LogP contribution in [-0.2, 0) is 10.8 Å². The molecule has 1 aliphatic rings. The minimum absolute atomic E-state index is 0.620. The van der Waals surface area contributed by atoms with Gasteiger partial charge < -0.3 is 10.6 Å². The highest BCUT2D eigenvalue weighted by Crippen LogP contribution is 2.23. The molecule has 0 spiro atoms. The number of benzene rings is 1. The molecule has 4 heteroatoms. The zero-order valence-corrected chi connectivity index (χ0v) is 9.72. The van der Waals surface area contributed by atoms with E-state index >= 15 is 0 Å². The van der Waals surface area contributed by atoms with E-state index in [1.54, 1.807) is 0 Å². The second kappa shape index (κ2) is 4.23. The van der Waals surface area contributed by atoms with E-state index < -0.39 is 10.8 Å². The summed E-state index contributed by atoms with van der Waals surface area (Å²) in [5.41, 5.74) is 8.99. The minimum Gasteiger partial charge on any atom is -0.399 e. The fourth-order valence-corrected chi connectivity index (χ4v) is 2.90. The van der Waals surface area contributed by atoms with E-state index in [-0.39, 0.29) is 0 Å². The molecule has 1 heterocycles. The largest absolute Gasteiger partial charge is 0.399 e. The van der Waals surface area contributed by atoms with Gasteiger partial charge >= 0.3 is 0 Å². The van der Waals surface area contributed by atoms with Gasteiger partial charge in [-0.25, -0.2) is 0 Å². The molecule has 15 heavy (non-hydrogen) atoms. The quantitative estimate of drug-likeness (QED) is 0.728. The monoisotopic (exact) mass is 224 g/mol. The summed E-state index contributed by atoms with van der Waals surface area (Å²) in [4.78, 5) is 2.27. The van der Waals surface area contributed by atoms with Gasteiger partial charge in [-0.15, -0.1) is 0 Å². The van der Waals surface area contributed by atoms with Gasteiger partial charge in [0.05, 0.1) is 0 Å². The third kappa shape index (κ3) is 2.31. The predicted octanol–water partition coefficient (Wildman–Crippen LogP) is 1.15. The van der Waals surface area contributed by atoms with Gasteiger partial charge in [0.1, 0.15) is 0 Å². The van der Waals surface area contributed by atoms with Crippen molar-refractivity contribution in [3.63, 3.8) is 0 Å². The number of aryl methyl sites for hydroxylation is 1. The van der Waals surface area contributed by atoms with Crippen LogP contribution in [0.4, 0.5) is 11.4 Å². The van der Waals surface area contributed by atoms with Crippen LogP contribution in [0.3, 0.4) is 0 Å². The molecule has 2 rings (SSSR count). The summed E-state index contributed by atoms with van der Waals surface area (Å²) >= 11 is 0. The topological polar surface area (TPSA) is 46.3 Å². The standard InChI is InChI=1S/C11H16N2OS/c1-9-2-3-10(12)8-11(9)13-4-6-15(14)7-5-13/h2-3,8H,4-7,12H2,1H3. The first kappa shape index (κ1) is 10.5. The summed E-state index contributed by atoms with van der Waals surface area (Å²) in [6.07, 6.45) is 0. The van der Waals surface area contributed by atoms with Gasteiger partial charge in [-0.3, -0.25) is 4.21 Å². The number of hydrogen-bond acceptors (Lipinski definition) is 3. The molecule has 1 aromatic carbocycles. The van der Waals surface area contributed by atoms with Crippen molar-refractivity contribution in [2.45, 2.75) is 6.92 Å². The van der Waals surface area contributed by atoms with Gasteiger partial charge in [-0.1, -0.05) is 6.07 Å². The third-order valence-corrected chi connectivity index (χ3v) is 4.03. The molecule has 0 radical (unpaired) electrons. The second-order valence-corrected chi connectivity index (χ2v) is 5.58. The molecular weight excluding hydrogens is 208 g/mol. The average molecular weight is 224 g/mol. The van der Waals surface area contributed by atoms with E-state index in [9.17, 15) is 4.21 Å². The number of nitrogens with zero attached hydrogens (tertiary/aromatic N) is 1. The molecule has 0 amide bonds. The summed E-state index contributed by atoms with van der Waals surface area (Å²) in [5, 5.41) is 0. The van der Waals surface area contributed by atoms with E-state index in [2.05, 4.69) is 11.8 Å². The lowest BCUT2D eigenvalue weighted by molar-refractivity contribution is 0.673. The first-order valence-corrected chi connectivity index (χ1v) is 6.61. The van der Waals surface area contributed by atoms with Crippen LogP contribution in [0.5, 0.6) is 0 Å². The Balaban J connectivity index is 2.21. The Morgan fingerprint density at radius 1 is 1.33 bits per heavy atom. The molecule has 0 unspecified atom stereocenters. The predicted molar refractivity (Wildman–Crippen MR) is 65.7 cm³/mol. The van der Waals surface area contributed by atoms with E-state index in [0.717, 1.165) is 30.3 Å². The van der Waals surface area contributed by atoms with Crippen molar-refractivity contribution in [1.29, 1.82) is 0 Å². The highest BCUT2D eigenvalue weighted by Gasteiger charge is 2.16. The minimum atomic E-state index is -0.620. The molecule has 82 valence electrons. The molecule has 1 aromatic rings. The fraction of sp³-hybridized carbons (Fsp3) is 0.455. The van der Waals surface area contributed by atoms with Gasteiger partial charge in [-0.05, 0) is 24.6 Å². The number of nitrogen functional groups attached to an aromatic ring is 1. The molecule has 2 N–H and O–H groups in total. The molecule has 3 nitrogen and oxygen atoms in total. The van der Waals surface area contributed by atoms with Gasteiger partial charge in [0.15, 0.2) is 0 Å². The Bertz CT molecular complexity index is 382. The Labute approximate surface area is 92.7 Å². The first-order valence-electron chi connectivity index (χ1n) is 5.13. The van der Waals surface area contributed by atoms with E-state index in [0.29, 0.717) is 0 Å². The molecule has 1 fully saturated rings. The Kier molecular flexibility index (Phi) is 2.95. The molecule has 0 bridgehead atoms. The molecule has 1 saturated heterocycles. The second-order valence-electron chi connectivity index (χ2n) is 3.88.